The molecule has 0 heterocycles. The van der Waals surface area contributed by atoms with Crippen LogP contribution in [-0.2, 0) is 9.59 Å². The molecule has 1 amide bonds. The predicted octanol–water partition coefficient (Wildman–Crippen LogP) is 1.71. The smallest absolute Gasteiger partial charge is 0.307 e. The number of hydrogen-bond acceptors (Lipinski definition) is 2. The molecule has 2 rings (SSSR count). The molecule has 1 fully saturated rings. The quantitative estimate of drug-likeness (QED) is 0.740. The van der Waals surface area contributed by atoms with E-state index in [4.69, 9.17) is 0 Å². The summed E-state index contributed by atoms with van der Waals surface area (Å²) in [7, 11) is 0. The van der Waals surface area contributed by atoms with Gasteiger partial charge in [-0.15, -0.1) is 13.2 Å². The van der Waals surface area contributed by atoms with Gasteiger partial charge in [0, 0.05) is 13.1 Å². The average Bonchev–Trinajstić information content (AvgIpc) is 2.97. The molecule has 2 aliphatic rings. The van der Waals surface area contributed by atoms with E-state index >= 15 is 0 Å². The van der Waals surface area contributed by atoms with E-state index < -0.39 is 17.8 Å². The van der Waals surface area contributed by atoms with Gasteiger partial charge in [0.05, 0.1) is 11.8 Å². The van der Waals surface area contributed by atoms with Crippen LogP contribution in [0.5, 0.6) is 0 Å². The van der Waals surface area contributed by atoms with E-state index in [0.29, 0.717) is 13.1 Å². The molecular weight excluding hydrogens is 242 g/mol. The van der Waals surface area contributed by atoms with Gasteiger partial charge in [-0.25, -0.2) is 0 Å². The first kappa shape index (κ1) is 13.6. The van der Waals surface area contributed by atoms with E-state index in [1.165, 1.54) is 0 Å². The second kappa shape index (κ2) is 5.43. The maximum Gasteiger partial charge on any atom is 0.307 e. The van der Waals surface area contributed by atoms with Crippen molar-refractivity contribution in [2.24, 2.45) is 23.7 Å². The van der Waals surface area contributed by atoms with Crippen LogP contribution < -0.4 is 0 Å². The van der Waals surface area contributed by atoms with Crippen LogP contribution in [0.2, 0.25) is 0 Å². The number of amides is 1. The average molecular weight is 261 g/mol. The van der Waals surface area contributed by atoms with Crippen LogP contribution in [0, 0.1) is 23.7 Å². The third-order valence-corrected chi connectivity index (χ3v) is 4.04. The molecule has 0 saturated heterocycles. The normalized spacial score (nSPS) is 31.2. The van der Waals surface area contributed by atoms with Gasteiger partial charge in [0.15, 0.2) is 0 Å². The van der Waals surface area contributed by atoms with Crippen LogP contribution >= 0.6 is 0 Å². The largest absolute Gasteiger partial charge is 0.481 e. The second-order valence-electron chi connectivity index (χ2n) is 5.16. The molecule has 0 aromatic heterocycles. The van der Waals surface area contributed by atoms with Gasteiger partial charge in [0.1, 0.15) is 0 Å². The van der Waals surface area contributed by atoms with Gasteiger partial charge < -0.3 is 10.0 Å². The van der Waals surface area contributed by atoms with Gasteiger partial charge in [-0.1, -0.05) is 24.3 Å². The SMILES string of the molecule is C=CCN(CC=C)C(=O)[C@H]1C2C=CC(C2)[C@H]1C(=O)O. The number of carboxylic acids is 1. The summed E-state index contributed by atoms with van der Waals surface area (Å²) in [5.41, 5.74) is 0. The topological polar surface area (TPSA) is 57.6 Å². The summed E-state index contributed by atoms with van der Waals surface area (Å²) in [6.07, 6.45) is 8.02. The van der Waals surface area contributed by atoms with E-state index in [9.17, 15) is 14.7 Å². The van der Waals surface area contributed by atoms with Crippen molar-refractivity contribution in [3.8, 4) is 0 Å². The number of rotatable bonds is 6. The van der Waals surface area contributed by atoms with Crippen molar-refractivity contribution in [3.63, 3.8) is 0 Å². The third-order valence-electron chi connectivity index (χ3n) is 4.04. The minimum atomic E-state index is -0.868. The zero-order chi connectivity index (χ0) is 14.0. The lowest BCUT2D eigenvalue weighted by molar-refractivity contribution is -0.150. The Morgan fingerprint density at radius 2 is 1.68 bits per heavy atom. The fraction of sp³-hybridized carbons (Fsp3) is 0.467. The molecule has 0 aromatic carbocycles. The summed E-state index contributed by atoms with van der Waals surface area (Å²) in [6.45, 7) is 8.12. The van der Waals surface area contributed by atoms with Crippen molar-refractivity contribution in [1.82, 2.24) is 4.90 Å². The Balaban J connectivity index is 2.21. The number of hydrogen-bond donors (Lipinski definition) is 1. The summed E-state index contributed by atoms with van der Waals surface area (Å²) in [6, 6.07) is 0. The molecule has 0 spiro atoms. The fourth-order valence-corrected chi connectivity index (χ4v) is 3.27. The molecule has 4 nitrogen and oxygen atoms in total. The van der Waals surface area contributed by atoms with Gasteiger partial charge in [-0.3, -0.25) is 9.59 Å². The zero-order valence-corrected chi connectivity index (χ0v) is 10.9. The van der Waals surface area contributed by atoms with Crippen LogP contribution in [0.25, 0.3) is 0 Å². The van der Waals surface area contributed by atoms with Crippen molar-refractivity contribution in [1.29, 1.82) is 0 Å². The van der Waals surface area contributed by atoms with Crippen LogP contribution in [0.3, 0.4) is 0 Å². The second-order valence-corrected chi connectivity index (χ2v) is 5.16. The molecule has 19 heavy (non-hydrogen) atoms. The van der Waals surface area contributed by atoms with Crippen molar-refractivity contribution in [3.05, 3.63) is 37.5 Å². The van der Waals surface area contributed by atoms with Gasteiger partial charge in [0.25, 0.3) is 0 Å². The van der Waals surface area contributed by atoms with Crippen LogP contribution in [0.15, 0.2) is 37.5 Å². The van der Waals surface area contributed by atoms with E-state index in [1.807, 2.05) is 12.2 Å². The summed E-state index contributed by atoms with van der Waals surface area (Å²) in [5, 5.41) is 9.35. The monoisotopic (exact) mass is 261 g/mol. The summed E-state index contributed by atoms with van der Waals surface area (Å²) >= 11 is 0. The number of carbonyl (C=O) groups is 2. The maximum atomic E-state index is 12.6. The first-order chi connectivity index (χ1) is 9.10. The predicted molar refractivity (Wildman–Crippen MR) is 72.3 cm³/mol. The Kier molecular flexibility index (Phi) is 3.88. The van der Waals surface area contributed by atoms with E-state index in [1.54, 1.807) is 17.1 Å². The Hall–Kier alpha value is -1.84. The van der Waals surface area contributed by atoms with E-state index in [-0.39, 0.29) is 17.7 Å². The maximum absolute atomic E-state index is 12.6. The van der Waals surface area contributed by atoms with Gasteiger partial charge in [0.2, 0.25) is 5.91 Å². The number of nitrogens with zero attached hydrogens (tertiary/aromatic N) is 1. The molecule has 2 bridgehead atoms. The molecule has 102 valence electrons. The molecule has 2 aliphatic carbocycles. The number of carbonyl (C=O) groups excluding carboxylic acids is 1. The molecule has 0 radical (unpaired) electrons. The van der Waals surface area contributed by atoms with Crippen molar-refractivity contribution >= 4 is 11.9 Å². The third kappa shape index (κ3) is 2.35. The lowest BCUT2D eigenvalue weighted by atomic mass is 9.82. The van der Waals surface area contributed by atoms with Crippen molar-refractivity contribution in [2.75, 3.05) is 13.1 Å². The van der Waals surface area contributed by atoms with E-state index in [2.05, 4.69) is 13.2 Å². The number of aliphatic carboxylic acids is 1. The molecule has 1 N–H and O–H groups in total. The zero-order valence-electron chi connectivity index (χ0n) is 10.9. The first-order valence-corrected chi connectivity index (χ1v) is 6.51. The first-order valence-electron chi connectivity index (χ1n) is 6.51. The molecular formula is C15H19NO3. The highest BCUT2D eigenvalue weighted by molar-refractivity contribution is 5.87. The van der Waals surface area contributed by atoms with Crippen LogP contribution in [0.4, 0.5) is 0 Å². The van der Waals surface area contributed by atoms with Gasteiger partial charge in [-0.05, 0) is 18.3 Å². The standard InChI is InChI=1S/C15H19NO3/c1-3-7-16(8-4-2)14(17)12-10-5-6-11(9-10)13(12)15(18)19/h3-6,10-13H,1-2,7-9H2,(H,18,19)/t10?,11?,12-,13+/m0/s1. The Bertz CT molecular complexity index is 431. The molecule has 1 saturated carbocycles. The van der Waals surface area contributed by atoms with Gasteiger partial charge in [-0.2, -0.15) is 0 Å². The van der Waals surface area contributed by atoms with Crippen LogP contribution in [0.1, 0.15) is 6.42 Å². The summed E-state index contributed by atoms with van der Waals surface area (Å²) in [4.78, 5) is 25.6. The highest BCUT2D eigenvalue weighted by Gasteiger charge is 2.52. The minimum absolute atomic E-state index is 0.00534. The Labute approximate surface area is 113 Å². The van der Waals surface area contributed by atoms with Crippen molar-refractivity contribution in [2.45, 2.75) is 6.42 Å². The number of carboxylic acid groups (broad SMARTS) is 1. The highest BCUT2D eigenvalue weighted by Crippen LogP contribution is 2.48. The van der Waals surface area contributed by atoms with Crippen molar-refractivity contribution < 1.29 is 14.7 Å². The van der Waals surface area contributed by atoms with Gasteiger partial charge >= 0.3 is 5.97 Å². The molecule has 0 aromatic rings. The fourth-order valence-electron chi connectivity index (χ4n) is 3.27. The molecule has 4 heteroatoms. The summed E-state index contributed by atoms with van der Waals surface area (Å²) < 4.78 is 0. The number of fused-ring (bicyclic) bond motifs is 2. The minimum Gasteiger partial charge on any atom is -0.481 e. The molecule has 4 atom stereocenters. The van der Waals surface area contributed by atoms with Crippen LogP contribution in [-0.4, -0.2) is 35.0 Å². The molecule has 0 aliphatic heterocycles. The van der Waals surface area contributed by atoms with E-state index in [0.717, 1.165) is 6.42 Å². The molecule has 2 unspecified atom stereocenters. The lowest BCUT2D eigenvalue weighted by Gasteiger charge is -2.29. The Morgan fingerprint density at radius 3 is 2.16 bits per heavy atom. The lowest BCUT2D eigenvalue weighted by Crippen LogP contribution is -2.43. The number of allylic oxidation sites excluding steroid dienone is 2. The summed E-state index contributed by atoms with van der Waals surface area (Å²) in [5.74, 6) is -1.91. The Morgan fingerprint density at radius 1 is 1.16 bits per heavy atom. The highest BCUT2D eigenvalue weighted by atomic mass is 16.4.